The molecule has 0 radical (unpaired) electrons. The van der Waals surface area contributed by atoms with Crippen molar-refractivity contribution < 1.29 is 27.1 Å². The monoisotopic (exact) mass is 286 g/mol. The van der Waals surface area contributed by atoms with E-state index in [2.05, 4.69) is 4.74 Å². The molecule has 0 aliphatic carbocycles. The van der Waals surface area contributed by atoms with Crippen LogP contribution in [0.3, 0.4) is 0 Å². The van der Waals surface area contributed by atoms with E-state index in [4.69, 9.17) is 4.42 Å². The molecular formula is C13H9F3O4. The highest BCUT2D eigenvalue weighted by Crippen LogP contribution is 2.36. The molecule has 2 aromatic rings. The summed E-state index contributed by atoms with van der Waals surface area (Å²) in [6.07, 6.45) is -4.88. The molecule has 0 saturated heterocycles. The van der Waals surface area contributed by atoms with Gasteiger partial charge < -0.3 is 9.15 Å². The average molecular weight is 286 g/mol. The van der Waals surface area contributed by atoms with Crippen LogP contribution in [0, 0.1) is 0 Å². The van der Waals surface area contributed by atoms with Crippen molar-refractivity contribution in [2.45, 2.75) is 13.1 Å². The van der Waals surface area contributed by atoms with Crippen molar-refractivity contribution in [1.29, 1.82) is 0 Å². The van der Waals surface area contributed by atoms with E-state index in [1.807, 2.05) is 0 Å². The van der Waals surface area contributed by atoms with Crippen LogP contribution in [-0.2, 0) is 10.9 Å². The predicted molar refractivity (Wildman–Crippen MR) is 63.4 cm³/mol. The van der Waals surface area contributed by atoms with Crippen LogP contribution in [0.15, 0.2) is 33.5 Å². The molecule has 1 heterocycles. The normalized spacial score (nSPS) is 11.6. The lowest BCUT2D eigenvalue weighted by Crippen LogP contribution is -2.24. The first kappa shape index (κ1) is 14.1. The highest BCUT2D eigenvalue weighted by molar-refractivity contribution is 5.96. The van der Waals surface area contributed by atoms with Crippen LogP contribution < -0.4 is 5.63 Å². The van der Waals surface area contributed by atoms with Gasteiger partial charge >= 0.3 is 17.8 Å². The van der Waals surface area contributed by atoms with Gasteiger partial charge in [-0.1, -0.05) is 18.2 Å². The Hall–Kier alpha value is -2.31. The van der Waals surface area contributed by atoms with Crippen LogP contribution in [0.1, 0.15) is 22.8 Å². The van der Waals surface area contributed by atoms with Crippen LogP contribution in [-0.4, -0.2) is 12.6 Å². The third-order valence-corrected chi connectivity index (χ3v) is 2.58. The van der Waals surface area contributed by atoms with Gasteiger partial charge in [-0.15, -0.1) is 0 Å². The Bertz CT molecular complexity index is 716. The summed E-state index contributed by atoms with van der Waals surface area (Å²) >= 11 is 0. The minimum absolute atomic E-state index is 0.150. The van der Waals surface area contributed by atoms with Crippen molar-refractivity contribution in [3.63, 3.8) is 0 Å². The van der Waals surface area contributed by atoms with E-state index in [1.54, 1.807) is 0 Å². The number of ether oxygens (including phenoxy) is 1. The number of carbonyl (C=O) groups excluding carboxylic acids is 1. The third kappa shape index (κ3) is 2.38. The fourth-order valence-corrected chi connectivity index (χ4v) is 1.83. The zero-order chi connectivity index (χ0) is 14.9. The highest BCUT2D eigenvalue weighted by Gasteiger charge is 2.40. The number of para-hydroxylation sites is 1. The standard InChI is InChI=1S/C13H9F3O4/c1-2-19-11(17)9-10(13(14,15)16)7-5-3-4-6-8(7)20-12(9)18/h3-6H,2H2,1H3. The fourth-order valence-electron chi connectivity index (χ4n) is 1.83. The molecule has 0 bridgehead atoms. The lowest BCUT2D eigenvalue weighted by atomic mass is 10.0. The Morgan fingerprint density at radius 2 is 1.95 bits per heavy atom. The van der Waals surface area contributed by atoms with Crippen molar-refractivity contribution in [1.82, 2.24) is 0 Å². The minimum atomic E-state index is -4.88. The zero-order valence-corrected chi connectivity index (χ0v) is 10.3. The highest BCUT2D eigenvalue weighted by atomic mass is 19.4. The lowest BCUT2D eigenvalue weighted by molar-refractivity contribution is -0.137. The molecule has 1 aromatic carbocycles. The second kappa shape index (κ2) is 4.99. The summed E-state index contributed by atoms with van der Waals surface area (Å²) in [5.41, 5.74) is -4.06. The Kier molecular flexibility index (Phi) is 3.52. The molecule has 0 saturated carbocycles. The smallest absolute Gasteiger partial charge is 0.418 e. The number of carbonyl (C=O) groups is 1. The van der Waals surface area contributed by atoms with Crippen molar-refractivity contribution in [3.05, 3.63) is 45.8 Å². The molecule has 0 amide bonds. The van der Waals surface area contributed by atoms with Gasteiger partial charge in [0.05, 0.1) is 12.2 Å². The minimum Gasteiger partial charge on any atom is -0.462 e. The van der Waals surface area contributed by atoms with Gasteiger partial charge in [-0.05, 0) is 13.0 Å². The first-order valence-corrected chi connectivity index (χ1v) is 5.66. The lowest BCUT2D eigenvalue weighted by Gasteiger charge is -2.13. The van der Waals surface area contributed by atoms with Crippen molar-refractivity contribution in [2.75, 3.05) is 6.61 Å². The van der Waals surface area contributed by atoms with Gasteiger partial charge in [0.1, 0.15) is 5.58 Å². The molecule has 0 aliphatic rings. The van der Waals surface area contributed by atoms with Gasteiger partial charge in [0, 0.05) is 5.39 Å². The van der Waals surface area contributed by atoms with E-state index in [0.29, 0.717) is 0 Å². The quantitative estimate of drug-likeness (QED) is 0.629. The Balaban J connectivity index is 2.89. The number of rotatable bonds is 2. The van der Waals surface area contributed by atoms with Crippen LogP contribution >= 0.6 is 0 Å². The average Bonchev–Trinajstić information content (AvgIpc) is 2.36. The van der Waals surface area contributed by atoms with Gasteiger partial charge in [0.25, 0.3) is 0 Å². The molecule has 20 heavy (non-hydrogen) atoms. The second-order valence-electron chi connectivity index (χ2n) is 3.85. The van der Waals surface area contributed by atoms with Crippen molar-refractivity contribution >= 4 is 16.9 Å². The van der Waals surface area contributed by atoms with E-state index in [0.717, 1.165) is 6.07 Å². The fraction of sp³-hybridized carbons (Fsp3) is 0.231. The topological polar surface area (TPSA) is 56.5 Å². The maximum atomic E-state index is 13.2. The number of fused-ring (bicyclic) bond motifs is 1. The first-order chi connectivity index (χ1) is 9.36. The zero-order valence-electron chi connectivity index (χ0n) is 10.3. The molecule has 106 valence electrons. The number of esters is 1. The number of hydrogen-bond donors (Lipinski definition) is 0. The summed E-state index contributed by atoms with van der Waals surface area (Å²) in [5.74, 6) is -1.35. The molecule has 0 N–H and O–H groups in total. The van der Waals surface area contributed by atoms with Gasteiger partial charge in [0.15, 0.2) is 5.56 Å². The maximum Gasteiger partial charge on any atom is 0.418 e. The van der Waals surface area contributed by atoms with Gasteiger partial charge in [-0.2, -0.15) is 13.2 Å². The SMILES string of the molecule is CCOC(=O)c1c(C(F)(F)F)c2ccccc2oc1=O. The van der Waals surface area contributed by atoms with Crippen LogP contribution in [0.25, 0.3) is 11.0 Å². The summed E-state index contributed by atoms with van der Waals surface area (Å²) in [5, 5.41) is -0.359. The van der Waals surface area contributed by atoms with Gasteiger partial charge in [0.2, 0.25) is 0 Å². The molecule has 0 fully saturated rings. The van der Waals surface area contributed by atoms with Crippen LogP contribution in [0.2, 0.25) is 0 Å². The van der Waals surface area contributed by atoms with E-state index in [9.17, 15) is 22.8 Å². The molecule has 1 aromatic heterocycles. The third-order valence-electron chi connectivity index (χ3n) is 2.58. The number of hydrogen-bond acceptors (Lipinski definition) is 4. The Morgan fingerprint density at radius 1 is 1.30 bits per heavy atom. The summed E-state index contributed by atoms with van der Waals surface area (Å²) in [7, 11) is 0. The van der Waals surface area contributed by atoms with Crippen molar-refractivity contribution in [3.8, 4) is 0 Å². The number of benzene rings is 1. The van der Waals surface area contributed by atoms with Gasteiger partial charge in [-0.3, -0.25) is 0 Å². The molecule has 4 nitrogen and oxygen atoms in total. The molecule has 0 aliphatic heterocycles. The maximum absolute atomic E-state index is 13.2. The van der Waals surface area contributed by atoms with E-state index >= 15 is 0 Å². The Labute approximate surface area is 110 Å². The molecular weight excluding hydrogens is 277 g/mol. The molecule has 7 heteroatoms. The van der Waals surface area contributed by atoms with Crippen molar-refractivity contribution in [2.24, 2.45) is 0 Å². The van der Waals surface area contributed by atoms with E-state index in [-0.39, 0.29) is 17.6 Å². The molecule has 0 atom stereocenters. The number of alkyl halides is 3. The Morgan fingerprint density at radius 3 is 2.55 bits per heavy atom. The molecule has 0 spiro atoms. The van der Waals surface area contributed by atoms with E-state index < -0.39 is 28.9 Å². The van der Waals surface area contributed by atoms with E-state index in [1.165, 1.54) is 25.1 Å². The summed E-state index contributed by atoms with van der Waals surface area (Å²) < 4.78 is 48.7. The first-order valence-electron chi connectivity index (χ1n) is 5.66. The largest absolute Gasteiger partial charge is 0.462 e. The molecule has 0 unspecified atom stereocenters. The predicted octanol–water partition coefficient (Wildman–Crippen LogP) is 2.99. The van der Waals surface area contributed by atoms with Crippen LogP contribution in [0.4, 0.5) is 13.2 Å². The molecule has 2 rings (SSSR count). The second-order valence-corrected chi connectivity index (χ2v) is 3.85. The summed E-state index contributed by atoms with van der Waals surface area (Å²) in [4.78, 5) is 23.2. The number of halogens is 3. The summed E-state index contributed by atoms with van der Waals surface area (Å²) in [6, 6.07) is 5.13. The van der Waals surface area contributed by atoms with Gasteiger partial charge in [-0.25, -0.2) is 9.59 Å². The van der Waals surface area contributed by atoms with Crippen LogP contribution in [0.5, 0.6) is 0 Å². The summed E-state index contributed by atoms with van der Waals surface area (Å²) in [6.45, 7) is 1.27.